The van der Waals surface area contributed by atoms with Crippen LogP contribution in [0.2, 0.25) is 0 Å². The summed E-state index contributed by atoms with van der Waals surface area (Å²) in [4.78, 5) is 24.7. The second kappa shape index (κ2) is 9.17. The fourth-order valence-electron chi connectivity index (χ4n) is 2.10. The first-order valence-corrected chi connectivity index (χ1v) is 7.58. The van der Waals surface area contributed by atoms with Crippen molar-refractivity contribution in [2.45, 2.75) is 39.4 Å². The van der Waals surface area contributed by atoms with E-state index in [4.69, 9.17) is 11.5 Å². The van der Waals surface area contributed by atoms with E-state index in [0.29, 0.717) is 6.54 Å². The van der Waals surface area contributed by atoms with E-state index in [1.165, 1.54) is 5.56 Å². The highest BCUT2D eigenvalue weighted by Gasteiger charge is 2.15. The van der Waals surface area contributed by atoms with Gasteiger partial charge >= 0.3 is 0 Å². The number of amides is 2. The Bertz CT molecular complexity index is 483. The van der Waals surface area contributed by atoms with Gasteiger partial charge in [0.2, 0.25) is 11.8 Å². The number of benzene rings is 1. The van der Waals surface area contributed by atoms with Crippen LogP contribution >= 0.6 is 0 Å². The quantitative estimate of drug-likeness (QED) is 0.612. The van der Waals surface area contributed by atoms with Gasteiger partial charge in [-0.3, -0.25) is 14.5 Å². The summed E-state index contributed by atoms with van der Waals surface area (Å²) in [5, 5.41) is 2.70. The van der Waals surface area contributed by atoms with Crippen LogP contribution in [0.4, 0.5) is 0 Å². The van der Waals surface area contributed by atoms with Crippen LogP contribution < -0.4 is 16.8 Å². The Morgan fingerprint density at radius 2 is 1.68 bits per heavy atom. The van der Waals surface area contributed by atoms with E-state index in [2.05, 4.69) is 36.2 Å². The Balaban J connectivity index is 2.47. The lowest BCUT2D eigenvalue weighted by Gasteiger charge is -2.18. The number of nitrogens with two attached hydrogens (primary N) is 2. The van der Waals surface area contributed by atoms with E-state index >= 15 is 0 Å². The normalized spacial score (nSPS) is 12.2. The molecule has 0 aromatic heterocycles. The molecule has 1 unspecified atom stereocenters. The second-order valence-corrected chi connectivity index (χ2v) is 5.27. The van der Waals surface area contributed by atoms with Crippen LogP contribution in [0.25, 0.3) is 0 Å². The molecule has 0 aliphatic rings. The zero-order valence-corrected chi connectivity index (χ0v) is 13.3. The maximum Gasteiger partial charge on any atom is 0.237 e. The highest BCUT2D eigenvalue weighted by atomic mass is 16.2. The van der Waals surface area contributed by atoms with Crippen molar-refractivity contribution in [3.8, 4) is 0 Å². The molecule has 0 saturated heterocycles. The summed E-state index contributed by atoms with van der Waals surface area (Å²) in [6, 6.07) is 7.20. The van der Waals surface area contributed by atoms with Crippen molar-refractivity contribution in [2.24, 2.45) is 11.5 Å². The molecule has 5 N–H and O–H groups in total. The third-order valence-corrected chi connectivity index (χ3v) is 3.55. The fourth-order valence-corrected chi connectivity index (χ4v) is 2.10. The molecule has 6 heteroatoms. The van der Waals surface area contributed by atoms with E-state index in [0.717, 1.165) is 25.2 Å². The molecule has 1 atom stereocenters. The molecule has 122 valence electrons. The fraction of sp³-hybridized carbons (Fsp3) is 0.500. The lowest BCUT2D eigenvalue weighted by atomic mass is 10.1. The maximum atomic E-state index is 11.7. The SMILES string of the molecule is CCN(CC)Cc1ccc(CNC(=O)C(N)CC(N)=O)cc1. The van der Waals surface area contributed by atoms with Crippen molar-refractivity contribution in [2.75, 3.05) is 13.1 Å². The molecule has 22 heavy (non-hydrogen) atoms. The van der Waals surface area contributed by atoms with Gasteiger partial charge < -0.3 is 16.8 Å². The van der Waals surface area contributed by atoms with Gasteiger partial charge in [-0.2, -0.15) is 0 Å². The largest absolute Gasteiger partial charge is 0.370 e. The van der Waals surface area contributed by atoms with Crippen LogP contribution in [-0.2, 0) is 22.7 Å². The van der Waals surface area contributed by atoms with Gasteiger partial charge in [-0.05, 0) is 24.2 Å². The number of hydrogen-bond acceptors (Lipinski definition) is 4. The van der Waals surface area contributed by atoms with Gasteiger partial charge in [-0.1, -0.05) is 38.1 Å². The molecule has 2 amide bonds. The molecule has 0 aliphatic heterocycles. The molecular weight excluding hydrogens is 280 g/mol. The number of nitrogens with one attached hydrogen (secondary N) is 1. The Hall–Kier alpha value is -1.92. The molecule has 0 spiro atoms. The number of rotatable bonds is 9. The van der Waals surface area contributed by atoms with Crippen molar-refractivity contribution in [3.05, 3.63) is 35.4 Å². The van der Waals surface area contributed by atoms with Crippen molar-refractivity contribution in [1.82, 2.24) is 10.2 Å². The number of carbonyl (C=O) groups is 2. The van der Waals surface area contributed by atoms with Crippen LogP contribution in [0, 0.1) is 0 Å². The molecular formula is C16H26N4O2. The van der Waals surface area contributed by atoms with Gasteiger partial charge in [0.05, 0.1) is 12.5 Å². The standard InChI is InChI=1S/C16H26N4O2/c1-3-20(4-2)11-13-7-5-12(6-8-13)10-19-16(22)14(17)9-15(18)21/h5-8,14H,3-4,9-11,17H2,1-2H3,(H2,18,21)(H,19,22). The number of carbonyl (C=O) groups excluding carboxylic acids is 2. The van der Waals surface area contributed by atoms with E-state index in [9.17, 15) is 9.59 Å². The van der Waals surface area contributed by atoms with E-state index in [-0.39, 0.29) is 12.3 Å². The molecule has 6 nitrogen and oxygen atoms in total. The first-order valence-electron chi connectivity index (χ1n) is 7.58. The maximum absolute atomic E-state index is 11.7. The Morgan fingerprint density at radius 3 is 2.18 bits per heavy atom. The highest BCUT2D eigenvalue weighted by Crippen LogP contribution is 2.07. The summed E-state index contributed by atoms with van der Waals surface area (Å²) >= 11 is 0. The first-order chi connectivity index (χ1) is 10.5. The Labute approximate surface area is 131 Å². The average Bonchev–Trinajstić information content (AvgIpc) is 2.50. The van der Waals surface area contributed by atoms with Gasteiger partial charge in [-0.25, -0.2) is 0 Å². The second-order valence-electron chi connectivity index (χ2n) is 5.27. The molecule has 0 radical (unpaired) electrons. The van der Waals surface area contributed by atoms with Crippen LogP contribution in [-0.4, -0.2) is 35.8 Å². The minimum absolute atomic E-state index is 0.144. The lowest BCUT2D eigenvalue weighted by molar-refractivity contribution is -0.126. The Kier molecular flexibility index (Phi) is 7.56. The van der Waals surface area contributed by atoms with E-state index in [1.54, 1.807) is 0 Å². The van der Waals surface area contributed by atoms with Gasteiger partial charge in [0.15, 0.2) is 0 Å². The minimum Gasteiger partial charge on any atom is -0.370 e. The molecule has 0 saturated carbocycles. The highest BCUT2D eigenvalue weighted by molar-refractivity contribution is 5.87. The average molecular weight is 306 g/mol. The Morgan fingerprint density at radius 1 is 1.14 bits per heavy atom. The van der Waals surface area contributed by atoms with Crippen molar-refractivity contribution < 1.29 is 9.59 Å². The molecule has 0 heterocycles. The summed E-state index contributed by atoms with van der Waals surface area (Å²) < 4.78 is 0. The zero-order valence-electron chi connectivity index (χ0n) is 13.3. The summed E-state index contributed by atoms with van der Waals surface area (Å²) in [5.41, 5.74) is 12.8. The predicted octanol–water partition coefficient (Wildman–Crippen LogP) is 0.347. The van der Waals surface area contributed by atoms with Crippen molar-refractivity contribution >= 4 is 11.8 Å². The van der Waals surface area contributed by atoms with Crippen LogP contribution in [0.3, 0.4) is 0 Å². The summed E-state index contributed by atoms with van der Waals surface area (Å²) in [5.74, 6) is -0.950. The molecule has 1 aromatic carbocycles. The van der Waals surface area contributed by atoms with Gasteiger partial charge in [-0.15, -0.1) is 0 Å². The zero-order chi connectivity index (χ0) is 16.5. The first kappa shape index (κ1) is 18.1. The number of nitrogens with zero attached hydrogens (tertiary/aromatic N) is 1. The van der Waals surface area contributed by atoms with E-state index in [1.807, 2.05) is 12.1 Å². The van der Waals surface area contributed by atoms with Crippen molar-refractivity contribution in [1.29, 1.82) is 0 Å². The third-order valence-electron chi connectivity index (χ3n) is 3.55. The third kappa shape index (κ3) is 6.24. The monoisotopic (exact) mass is 306 g/mol. The molecule has 0 bridgehead atoms. The van der Waals surface area contributed by atoms with Gasteiger partial charge in [0.25, 0.3) is 0 Å². The van der Waals surface area contributed by atoms with Crippen LogP contribution in [0.1, 0.15) is 31.4 Å². The summed E-state index contributed by atoms with van der Waals surface area (Å²) in [7, 11) is 0. The smallest absolute Gasteiger partial charge is 0.237 e. The predicted molar refractivity (Wildman–Crippen MR) is 86.7 cm³/mol. The van der Waals surface area contributed by atoms with Gasteiger partial charge in [0, 0.05) is 13.1 Å². The summed E-state index contributed by atoms with van der Waals surface area (Å²) in [6.07, 6.45) is -0.144. The van der Waals surface area contributed by atoms with Crippen LogP contribution in [0.15, 0.2) is 24.3 Å². The number of primary amides is 1. The van der Waals surface area contributed by atoms with Crippen molar-refractivity contribution in [3.63, 3.8) is 0 Å². The van der Waals surface area contributed by atoms with Gasteiger partial charge in [0.1, 0.15) is 0 Å². The lowest BCUT2D eigenvalue weighted by Crippen LogP contribution is -2.42. The minimum atomic E-state index is -0.889. The molecule has 1 aromatic rings. The molecule has 1 rings (SSSR count). The molecule has 0 aliphatic carbocycles. The number of hydrogen-bond donors (Lipinski definition) is 3. The van der Waals surface area contributed by atoms with Crippen LogP contribution in [0.5, 0.6) is 0 Å². The van der Waals surface area contributed by atoms with E-state index < -0.39 is 11.9 Å². The topological polar surface area (TPSA) is 101 Å². The molecule has 0 fully saturated rings. The summed E-state index contributed by atoms with van der Waals surface area (Å²) in [6.45, 7) is 7.63.